The quantitative estimate of drug-likeness (QED) is 0.692. The van der Waals surface area contributed by atoms with Gasteiger partial charge in [-0.2, -0.15) is 5.26 Å². The molecular formula is C11H20N4O. The lowest BCUT2D eigenvalue weighted by molar-refractivity contribution is -0.130. The average molecular weight is 224 g/mol. The Morgan fingerprint density at radius 1 is 1.69 bits per heavy atom. The molecule has 1 amide bonds. The highest BCUT2D eigenvalue weighted by atomic mass is 16.2. The molecule has 1 fully saturated rings. The molecule has 0 spiro atoms. The average Bonchev–Trinajstić information content (AvgIpc) is 2.73. The summed E-state index contributed by atoms with van der Waals surface area (Å²) >= 11 is 0. The van der Waals surface area contributed by atoms with Gasteiger partial charge in [-0.05, 0) is 25.4 Å². The second kappa shape index (κ2) is 6.46. The molecule has 1 saturated heterocycles. The molecule has 0 radical (unpaired) electrons. The van der Waals surface area contributed by atoms with Crippen molar-refractivity contribution >= 4 is 5.91 Å². The van der Waals surface area contributed by atoms with Crippen LogP contribution in [0, 0.1) is 17.2 Å². The maximum absolute atomic E-state index is 11.7. The van der Waals surface area contributed by atoms with E-state index < -0.39 is 0 Å². The van der Waals surface area contributed by atoms with Gasteiger partial charge in [0.25, 0.3) is 0 Å². The number of nitrogens with zero attached hydrogens (tertiary/aromatic N) is 3. The van der Waals surface area contributed by atoms with Crippen LogP contribution in [-0.2, 0) is 4.79 Å². The largest absolute Gasteiger partial charge is 0.344 e. The number of likely N-dealkylation sites (N-methyl/N-ethyl adjacent to an activating group) is 1. The zero-order chi connectivity index (χ0) is 12.0. The van der Waals surface area contributed by atoms with Crippen molar-refractivity contribution in [3.05, 3.63) is 0 Å². The fourth-order valence-corrected chi connectivity index (χ4v) is 1.90. The Labute approximate surface area is 96.8 Å². The van der Waals surface area contributed by atoms with Crippen LogP contribution in [0.4, 0.5) is 0 Å². The Morgan fingerprint density at radius 2 is 2.44 bits per heavy atom. The third-order valence-electron chi connectivity index (χ3n) is 3.05. The van der Waals surface area contributed by atoms with Crippen molar-refractivity contribution in [1.29, 1.82) is 5.26 Å². The molecule has 90 valence electrons. The van der Waals surface area contributed by atoms with E-state index in [0.29, 0.717) is 32.0 Å². The highest BCUT2D eigenvalue weighted by molar-refractivity contribution is 5.78. The maximum atomic E-state index is 11.7. The van der Waals surface area contributed by atoms with Crippen LogP contribution < -0.4 is 5.73 Å². The lowest BCUT2D eigenvalue weighted by atomic mass is 10.1. The number of carbonyl (C=O) groups is 1. The number of likely N-dealkylation sites (tertiary alicyclic amines) is 1. The fourth-order valence-electron chi connectivity index (χ4n) is 1.90. The topological polar surface area (TPSA) is 73.4 Å². The third kappa shape index (κ3) is 3.80. The van der Waals surface area contributed by atoms with Crippen molar-refractivity contribution in [2.24, 2.45) is 11.7 Å². The summed E-state index contributed by atoms with van der Waals surface area (Å²) in [4.78, 5) is 15.5. The van der Waals surface area contributed by atoms with Gasteiger partial charge in [-0.25, -0.2) is 0 Å². The smallest absolute Gasteiger partial charge is 0.236 e. The number of nitriles is 1. The standard InChI is InChI=1S/C11H20N4O/c1-14(5-2-4-12)11(16)9-15-6-3-10(7-13)8-15/h10H,2-3,5-9,13H2,1H3. The van der Waals surface area contributed by atoms with E-state index >= 15 is 0 Å². The molecule has 0 aromatic heterocycles. The Balaban J connectivity index is 2.27. The lowest BCUT2D eigenvalue weighted by Crippen LogP contribution is -2.38. The van der Waals surface area contributed by atoms with E-state index in [9.17, 15) is 4.79 Å². The van der Waals surface area contributed by atoms with Gasteiger partial charge < -0.3 is 10.6 Å². The third-order valence-corrected chi connectivity index (χ3v) is 3.05. The second-order valence-electron chi connectivity index (χ2n) is 4.35. The SMILES string of the molecule is CN(CCC#N)C(=O)CN1CCC(CN)C1. The van der Waals surface area contributed by atoms with Crippen LogP contribution >= 0.6 is 0 Å². The van der Waals surface area contributed by atoms with E-state index in [0.717, 1.165) is 19.5 Å². The summed E-state index contributed by atoms with van der Waals surface area (Å²) in [5.41, 5.74) is 5.59. The first kappa shape index (κ1) is 12.9. The second-order valence-corrected chi connectivity index (χ2v) is 4.35. The number of amides is 1. The van der Waals surface area contributed by atoms with Crippen LogP contribution in [0.2, 0.25) is 0 Å². The van der Waals surface area contributed by atoms with Crippen LogP contribution in [0.5, 0.6) is 0 Å². The maximum Gasteiger partial charge on any atom is 0.236 e. The minimum atomic E-state index is 0.0907. The molecule has 0 bridgehead atoms. The van der Waals surface area contributed by atoms with E-state index in [1.165, 1.54) is 0 Å². The van der Waals surface area contributed by atoms with Crippen LogP contribution in [0.15, 0.2) is 0 Å². The molecule has 16 heavy (non-hydrogen) atoms. The predicted octanol–water partition coefficient (Wildman–Crippen LogP) is -0.361. The zero-order valence-electron chi connectivity index (χ0n) is 9.85. The van der Waals surface area contributed by atoms with Gasteiger partial charge in [-0.15, -0.1) is 0 Å². The van der Waals surface area contributed by atoms with Gasteiger partial charge in [0.1, 0.15) is 0 Å². The van der Waals surface area contributed by atoms with Crippen molar-refractivity contribution in [3.8, 4) is 6.07 Å². The van der Waals surface area contributed by atoms with Gasteiger partial charge in [0.2, 0.25) is 5.91 Å². The van der Waals surface area contributed by atoms with E-state index in [1.807, 2.05) is 6.07 Å². The molecule has 1 atom stereocenters. The van der Waals surface area contributed by atoms with Gasteiger partial charge in [-0.1, -0.05) is 0 Å². The highest BCUT2D eigenvalue weighted by Crippen LogP contribution is 2.14. The zero-order valence-corrected chi connectivity index (χ0v) is 9.85. The van der Waals surface area contributed by atoms with Crippen molar-refractivity contribution in [2.45, 2.75) is 12.8 Å². The lowest BCUT2D eigenvalue weighted by Gasteiger charge is -2.20. The van der Waals surface area contributed by atoms with Crippen LogP contribution in [0.3, 0.4) is 0 Å². The van der Waals surface area contributed by atoms with E-state index in [4.69, 9.17) is 11.0 Å². The van der Waals surface area contributed by atoms with Gasteiger partial charge >= 0.3 is 0 Å². The number of rotatable bonds is 5. The normalized spacial score (nSPS) is 20.7. The minimum absolute atomic E-state index is 0.0907. The Morgan fingerprint density at radius 3 is 3.00 bits per heavy atom. The molecule has 1 unspecified atom stereocenters. The molecule has 1 heterocycles. The summed E-state index contributed by atoms with van der Waals surface area (Å²) < 4.78 is 0. The predicted molar refractivity (Wildman–Crippen MR) is 61.5 cm³/mol. The number of hydrogen-bond donors (Lipinski definition) is 1. The van der Waals surface area contributed by atoms with Gasteiger partial charge in [0.05, 0.1) is 19.0 Å². The molecule has 1 aliphatic rings. The molecule has 5 heteroatoms. The molecule has 0 aromatic rings. The summed E-state index contributed by atoms with van der Waals surface area (Å²) in [6.45, 7) is 3.56. The summed E-state index contributed by atoms with van der Waals surface area (Å²) in [5.74, 6) is 0.630. The van der Waals surface area contributed by atoms with Crippen molar-refractivity contribution < 1.29 is 4.79 Å². The van der Waals surface area contributed by atoms with Crippen LogP contribution in [0.25, 0.3) is 0 Å². The first-order chi connectivity index (χ1) is 7.67. The molecule has 2 N–H and O–H groups in total. The van der Waals surface area contributed by atoms with E-state index in [2.05, 4.69) is 4.90 Å². The number of nitrogens with two attached hydrogens (primary N) is 1. The van der Waals surface area contributed by atoms with Gasteiger partial charge in [0, 0.05) is 20.1 Å². The first-order valence-corrected chi connectivity index (χ1v) is 5.70. The summed E-state index contributed by atoms with van der Waals surface area (Å²) in [6, 6.07) is 2.04. The molecular weight excluding hydrogens is 204 g/mol. The van der Waals surface area contributed by atoms with Gasteiger partial charge in [0.15, 0.2) is 0 Å². The summed E-state index contributed by atoms with van der Waals surface area (Å²) in [5, 5.41) is 8.44. The number of hydrogen-bond acceptors (Lipinski definition) is 4. The van der Waals surface area contributed by atoms with Gasteiger partial charge in [-0.3, -0.25) is 9.69 Å². The Kier molecular flexibility index (Phi) is 5.23. The molecule has 0 aliphatic carbocycles. The fraction of sp³-hybridized carbons (Fsp3) is 0.818. The van der Waals surface area contributed by atoms with Crippen LogP contribution in [0.1, 0.15) is 12.8 Å². The van der Waals surface area contributed by atoms with Crippen molar-refractivity contribution in [1.82, 2.24) is 9.80 Å². The van der Waals surface area contributed by atoms with Crippen molar-refractivity contribution in [3.63, 3.8) is 0 Å². The first-order valence-electron chi connectivity index (χ1n) is 5.70. The molecule has 5 nitrogen and oxygen atoms in total. The minimum Gasteiger partial charge on any atom is -0.344 e. The van der Waals surface area contributed by atoms with Crippen LogP contribution in [-0.4, -0.2) is 55.5 Å². The Hall–Kier alpha value is -1.12. The molecule has 1 rings (SSSR count). The molecule has 0 saturated carbocycles. The Bertz CT molecular complexity index is 274. The molecule has 1 aliphatic heterocycles. The highest BCUT2D eigenvalue weighted by Gasteiger charge is 2.23. The summed E-state index contributed by atoms with van der Waals surface area (Å²) in [6.07, 6.45) is 1.49. The van der Waals surface area contributed by atoms with E-state index in [-0.39, 0.29) is 5.91 Å². The van der Waals surface area contributed by atoms with E-state index in [1.54, 1.807) is 11.9 Å². The summed E-state index contributed by atoms with van der Waals surface area (Å²) in [7, 11) is 1.75. The van der Waals surface area contributed by atoms with Crippen molar-refractivity contribution in [2.75, 3.05) is 39.8 Å². The molecule has 0 aromatic carbocycles. The number of carbonyl (C=O) groups excluding carboxylic acids is 1. The monoisotopic (exact) mass is 224 g/mol.